The fourth-order valence-electron chi connectivity index (χ4n) is 1.94. The van der Waals surface area contributed by atoms with Crippen LogP contribution in [0.15, 0.2) is 38.4 Å². The second kappa shape index (κ2) is 6.74. The predicted octanol–water partition coefficient (Wildman–Crippen LogP) is 3.34. The molecular weight excluding hydrogens is 318 g/mol. The molecular formula is C15H15N3O4S. The van der Waals surface area contributed by atoms with E-state index < -0.39 is 0 Å². The molecule has 0 aliphatic heterocycles. The van der Waals surface area contributed by atoms with E-state index in [1.165, 1.54) is 11.8 Å². The molecule has 1 aromatic carbocycles. The Labute approximate surface area is 137 Å². The van der Waals surface area contributed by atoms with Gasteiger partial charge in [0.2, 0.25) is 5.89 Å². The molecule has 0 saturated carbocycles. The Hall–Kier alpha value is -2.48. The van der Waals surface area contributed by atoms with Crippen LogP contribution in [0, 0.1) is 6.92 Å². The Morgan fingerprint density at radius 3 is 2.39 bits per heavy atom. The van der Waals surface area contributed by atoms with Crippen LogP contribution in [0.3, 0.4) is 0 Å². The molecule has 0 aliphatic rings. The van der Waals surface area contributed by atoms with Crippen LogP contribution in [0.5, 0.6) is 11.5 Å². The van der Waals surface area contributed by atoms with Gasteiger partial charge in [0.25, 0.3) is 5.22 Å². The fraction of sp³-hybridized carbons (Fsp3) is 0.267. The zero-order valence-electron chi connectivity index (χ0n) is 12.9. The van der Waals surface area contributed by atoms with Crippen molar-refractivity contribution in [2.24, 2.45) is 0 Å². The number of rotatable bonds is 6. The summed E-state index contributed by atoms with van der Waals surface area (Å²) in [5, 5.41) is 12.5. The summed E-state index contributed by atoms with van der Waals surface area (Å²) < 4.78 is 21.2. The van der Waals surface area contributed by atoms with E-state index in [9.17, 15) is 0 Å². The van der Waals surface area contributed by atoms with Crippen LogP contribution >= 0.6 is 11.8 Å². The lowest BCUT2D eigenvalue weighted by molar-refractivity contribution is 0.392. The van der Waals surface area contributed by atoms with Crippen molar-refractivity contribution >= 4 is 11.8 Å². The van der Waals surface area contributed by atoms with E-state index in [1.807, 2.05) is 25.1 Å². The Kier molecular flexibility index (Phi) is 4.52. The standard InChI is InChI=1S/C15H15N3O4S/c1-9-4-11(18-22-9)8-23-15-17-16-14(21-15)10-5-12(19-2)7-13(6-10)20-3/h4-7H,8H2,1-3H3. The molecule has 3 rings (SSSR count). The average Bonchev–Trinajstić information content (AvgIpc) is 3.21. The van der Waals surface area contributed by atoms with Crippen molar-refractivity contribution in [3.05, 3.63) is 35.7 Å². The van der Waals surface area contributed by atoms with Gasteiger partial charge in [0.15, 0.2) is 0 Å². The molecule has 0 N–H and O–H groups in total. The molecule has 2 heterocycles. The molecule has 0 atom stereocenters. The summed E-state index contributed by atoms with van der Waals surface area (Å²) in [4.78, 5) is 0. The highest BCUT2D eigenvalue weighted by Gasteiger charge is 2.13. The number of methoxy groups -OCH3 is 2. The molecule has 120 valence electrons. The minimum atomic E-state index is 0.404. The van der Waals surface area contributed by atoms with Crippen LogP contribution in [-0.2, 0) is 5.75 Å². The van der Waals surface area contributed by atoms with Crippen LogP contribution in [0.25, 0.3) is 11.5 Å². The first-order valence-corrected chi connectivity index (χ1v) is 7.78. The van der Waals surface area contributed by atoms with E-state index in [0.29, 0.717) is 28.4 Å². The third-order valence-corrected chi connectivity index (χ3v) is 3.88. The van der Waals surface area contributed by atoms with Gasteiger partial charge in [0, 0.05) is 23.4 Å². The van der Waals surface area contributed by atoms with Gasteiger partial charge in [-0.1, -0.05) is 16.9 Å². The van der Waals surface area contributed by atoms with Crippen LogP contribution in [-0.4, -0.2) is 29.6 Å². The smallest absolute Gasteiger partial charge is 0.277 e. The Morgan fingerprint density at radius 1 is 1.04 bits per heavy atom. The lowest BCUT2D eigenvalue weighted by atomic mass is 10.2. The van der Waals surface area contributed by atoms with E-state index in [0.717, 1.165) is 17.0 Å². The third kappa shape index (κ3) is 3.65. The van der Waals surface area contributed by atoms with Gasteiger partial charge in [-0.25, -0.2) is 0 Å². The lowest BCUT2D eigenvalue weighted by Gasteiger charge is -2.05. The summed E-state index contributed by atoms with van der Waals surface area (Å²) in [6.45, 7) is 1.85. The highest BCUT2D eigenvalue weighted by Crippen LogP contribution is 2.31. The molecule has 3 aromatic rings. The molecule has 0 unspecified atom stereocenters. The number of ether oxygens (including phenoxy) is 2. The van der Waals surface area contributed by atoms with Gasteiger partial charge in [-0.15, -0.1) is 10.2 Å². The number of thioether (sulfide) groups is 1. The van der Waals surface area contributed by atoms with Crippen LogP contribution < -0.4 is 9.47 Å². The summed E-state index contributed by atoms with van der Waals surface area (Å²) in [6.07, 6.45) is 0. The summed E-state index contributed by atoms with van der Waals surface area (Å²) >= 11 is 1.40. The zero-order valence-corrected chi connectivity index (χ0v) is 13.7. The van der Waals surface area contributed by atoms with Gasteiger partial charge >= 0.3 is 0 Å². The molecule has 7 nitrogen and oxygen atoms in total. The summed E-state index contributed by atoms with van der Waals surface area (Å²) in [5.74, 6) is 3.09. The maximum absolute atomic E-state index is 5.67. The van der Waals surface area contributed by atoms with E-state index in [2.05, 4.69) is 15.4 Å². The summed E-state index contributed by atoms with van der Waals surface area (Å²) in [7, 11) is 3.18. The number of benzene rings is 1. The number of nitrogens with zero attached hydrogens (tertiary/aromatic N) is 3. The number of hydrogen-bond donors (Lipinski definition) is 0. The van der Waals surface area contributed by atoms with Gasteiger partial charge in [0.05, 0.1) is 19.9 Å². The highest BCUT2D eigenvalue weighted by atomic mass is 32.2. The predicted molar refractivity (Wildman–Crippen MR) is 83.6 cm³/mol. The van der Waals surface area contributed by atoms with Gasteiger partial charge < -0.3 is 18.4 Å². The quantitative estimate of drug-likeness (QED) is 0.635. The van der Waals surface area contributed by atoms with Gasteiger partial charge in [0.1, 0.15) is 17.3 Å². The first-order valence-electron chi connectivity index (χ1n) is 6.80. The largest absolute Gasteiger partial charge is 0.497 e. The average molecular weight is 333 g/mol. The Morgan fingerprint density at radius 2 is 1.78 bits per heavy atom. The first-order chi connectivity index (χ1) is 11.2. The summed E-state index contributed by atoms with van der Waals surface area (Å²) in [6, 6.07) is 7.27. The molecule has 2 aromatic heterocycles. The fourth-order valence-corrected chi connectivity index (χ4v) is 2.58. The van der Waals surface area contributed by atoms with Crippen LogP contribution in [0.1, 0.15) is 11.5 Å². The monoisotopic (exact) mass is 333 g/mol. The molecule has 0 saturated heterocycles. The molecule has 0 aliphatic carbocycles. The van der Waals surface area contributed by atoms with Crippen molar-refractivity contribution in [3.63, 3.8) is 0 Å². The van der Waals surface area contributed by atoms with Crippen LogP contribution in [0.2, 0.25) is 0 Å². The maximum atomic E-state index is 5.67. The van der Waals surface area contributed by atoms with Gasteiger partial charge in [-0.05, 0) is 19.1 Å². The number of aromatic nitrogens is 3. The Bertz CT molecular complexity index is 777. The topological polar surface area (TPSA) is 83.4 Å². The normalized spacial score (nSPS) is 10.7. The van der Waals surface area contributed by atoms with Crippen molar-refractivity contribution in [1.29, 1.82) is 0 Å². The van der Waals surface area contributed by atoms with Crippen molar-refractivity contribution in [2.45, 2.75) is 17.9 Å². The van der Waals surface area contributed by atoms with Crippen molar-refractivity contribution in [1.82, 2.24) is 15.4 Å². The van der Waals surface area contributed by atoms with Gasteiger partial charge in [-0.3, -0.25) is 0 Å². The molecule has 0 spiro atoms. The SMILES string of the molecule is COc1cc(OC)cc(-c2nnc(SCc3cc(C)on3)o2)c1. The molecule has 23 heavy (non-hydrogen) atoms. The van der Waals surface area contributed by atoms with Crippen molar-refractivity contribution in [2.75, 3.05) is 14.2 Å². The van der Waals surface area contributed by atoms with Crippen LogP contribution in [0.4, 0.5) is 0 Å². The van der Waals surface area contributed by atoms with Crippen molar-refractivity contribution < 1.29 is 18.4 Å². The maximum Gasteiger partial charge on any atom is 0.277 e. The van der Waals surface area contributed by atoms with E-state index in [-0.39, 0.29) is 0 Å². The van der Waals surface area contributed by atoms with Crippen molar-refractivity contribution in [3.8, 4) is 23.0 Å². The third-order valence-electron chi connectivity index (χ3n) is 3.03. The minimum Gasteiger partial charge on any atom is -0.497 e. The summed E-state index contributed by atoms with van der Waals surface area (Å²) in [5.41, 5.74) is 1.56. The molecule has 0 radical (unpaired) electrons. The van der Waals surface area contributed by atoms with E-state index >= 15 is 0 Å². The second-order valence-corrected chi connectivity index (χ2v) is 5.62. The highest BCUT2D eigenvalue weighted by molar-refractivity contribution is 7.98. The van der Waals surface area contributed by atoms with E-state index in [4.69, 9.17) is 18.4 Å². The number of hydrogen-bond acceptors (Lipinski definition) is 8. The second-order valence-electron chi connectivity index (χ2n) is 4.69. The molecule has 8 heteroatoms. The number of aryl methyl sites for hydroxylation is 1. The molecule has 0 fully saturated rings. The molecule has 0 bridgehead atoms. The minimum absolute atomic E-state index is 0.404. The lowest BCUT2D eigenvalue weighted by Crippen LogP contribution is -1.88. The first kappa shape index (κ1) is 15.4. The zero-order chi connectivity index (χ0) is 16.2. The van der Waals surface area contributed by atoms with E-state index in [1.54, 1.807) is 20.3 Å². The molecule has 0 amide bonds. The van der Waals surface area contributed by atoms with Gasteiger partial charge in [-0.2, -0.15) is 0 Å². The Balaban J connectivity index is 1.76.